The van der Waals surface area contributed by atoms with Crippen molar-refractivity contribution in [1.82, 2.24) is 10.2 Å². The van der Waals surface area contributed by atoms with Crippen molar-refractivity contribution in [2.75, 3.05) is 5.32 Å². The van der Waals surface area contributed by atoms with Gasteiger partial charge in [-0.3, -0.25) is 4.79 Å². The van der Waals surface area contributed by atoms with Crippen molar-refractivity contribution in [3.63, 3.8) is 0 Å². The van der Waals surface area contributed by atoms with Gasteiger partial charge in [-0.15, -0.1) is 21.5 Å². The molecule has 0 aliphatic heterocycles. The average molecular weight is 368 g/mol. The topological polar surface area (TPSA) is 54.9 Å². The Morgan fingerprint density at radius 2 is 2.17 bits per heavy atom. The van der Waals surface area contributed by atoms with Crippen LogP contribution < -0.4 is 5.32 Å². The summed E-state index contributed by atoms with van der Waals surface area (Å²) in [5.74, 6) is 1.71. The van der Waals surface area contributed by atoms with Gasteiger partial charge in [0.15, 0.2) is 4.34 Å². The molecule has 2 heterocycles. The number of rotatable bonds is 7. The van der Waals surface area contributed by atoms with E-state index in [2.05, 4.69) is 33.0 Å². The molecule has 1 fully saturated rings. The molecule has 0 saturated heterocycles. The van der Waals surface area contributed by atoms with Crippen molar-refractivity contribution < 1.29 is 4.79 Å². The largest absolute Gasteiger partial charge is 0.301 e. The second kappa shape index (κ2) is 8.80. The molecule has 124 valence electrons. The standard InChI is InChI=1S/C16H21N3OS3/c20-14(9-8-12-5-2-1-3-6-12)17-15-18-19-16(23-15)22-11-13-7-4-10-21-13/h4,7,10,12H,1-3,5-6,8-9,11H2,(H,17,18,20). The van der Waals surface area contributed by atoms with Gasteiger partial charge in [0, 0.05) is 17.1 Å². The van der Waals surface area contributed by atoms with Gasteiger partial charge in [-0.2, -0.15) is 0 Å². The first-order chi connectivity index (χ1) is 11.3. The van der Waals surface area contributed by atoms with Crippen LogP contribution in [0, 0.1) is 5.92 Å². The molecule has 23 heavy (non-hydrogen) atoms. The molecule has 2 aromatic heterocycles. The van der Waals surface area contributed by atoms with Gasteiger partial charge in [-0.1, -0.05) is 61.3 Å². The zero-order chi connectivity index (χ0) is 15.9. The van der Waals surface area contributed by atoms with Gasteiger partial charge in [0.05, 0.1) is 0 Å². The fourth-order valence-electron chi connectivity index (χ4n) is 2.84. The van der Waals surface area contributed by atoms with E-state index in [1.165, 1.54) is 48.3 Å². The lowest BCUT2D eigenvalue weighted by atomic mass is 9.86. The maximum atomic E-state index is 12.0. The third-order valence-corrected chi connectivity index (χ3v) is 7.16. The van der Waals surface area contributed by atoms with E-state index in [0.717, 1.165) is 22.4 Å². The minimum atomic E-state index is 0.0709. The number of anilines is 1. The van der Waals surface area contributed by atoms with Gasteiger partial charge < -0.3 is 5.32 Å². The third kappa shape index (κ3) is 5.58. The van der Waals surface area contributed by atoms with Crippen LogP contribution in [0.15, 0.2) is 21.9 Å². The molecule has 0 bridgehead atoms. The highest BCUT2D eigenvalue weighted by atomic mass is 32.2. The van der Waals surface area contributed by atoms with Crippen LogP contribution in [-0.4, -0.2) is 16.1 Å². The van der Waals surface area contributed by atoms with E-state index in [1.54, 1.807) is 23.1 Å². The fraction of sp³-hybridized carbons (Fsp3) is 0.562. The number of nitrogens with zero attached hydrogens (tertiary/aromatic N) is 2. The van der Waals surface area contributed by atoms with Gasteiger partial charge >= 0.3 is 0 Å². The second-order valence-corrected chi connectivity index (χ2v) is 9.06. The molecule has 1 aliphatic carbocycles. The molecule has 3 rings (SSSR count). The number of nitrogens with one attached hydrogen (secondary N) is 1. The van der Waals surface area contributed by atoms with Gasteiger partial charge in [0.25, 0.3) is 0 Å². The Labute approximate surface area is 149 Å². The molecular weight excluding hydrogens is 346 g/mol. The number of carbonyl (C=O) groups excluding carboxylic acids is 1. The second-order valence-electron chi connectivity index (χ2n) is 5.83. The monoisotopic (exact) mass is 367 g/mol. The Kier molecular flexibility index (Phi) is 6.47. The van der Waals surface area contributed by atoms with Crippen molar-refractivity contribution in [2.24, 2.45) is 5.92 Å². The summed E-state index contributed by atoms with van der Waals surface area (Å²) in [5.41, 5.74) is 0. The number of hydrogen-bond donors (Lipinski definition) is 1. The summed E-state index contributed by atoms with van der Waals surface area (Å²) < 4.78 is 0.904. The van der Waals surface area contributed by atoms with Crippen molar-refractivity contribution >= 4 is 45.5 Å². The van der Waals surface area contributed by atoms with Crippen molar-refractivity contribution in [1.29, 1.82) is 0 Å². The molecule has 1 saturated carbocycles. The number of amides is 1. The van der Waals surface area contributed by atoms with Crippen LogP contribution in [0.1, 0.15) is 49.8 Å². The normalized spacial score (nSPS) is 15.7. The molecule has 0 unspecified atom stereocenters. The Morgan fingerprint density at radius 1 is 1.30 bits per heavy atom. The van der Waals surface area contributed by atoms with Gasteiger partial charge in [-0.25, -0.2) is 0 Å². The van der Waals surface area contributed by atoms with E-state index in [-0.39, 0.29) is 5.91 Å². The molecule has 4 nitrogen and oxygen atoms in total. The van der Waals surface area contributed by atoms with Gasteiger partial charge in [-0.05, 0) is 23.8 Å². The highest BCUT2D eigenvalue weighted by Crippen LogP contribution is 2.30. The molecule has 1 amide bonds. The molecule has 1 N–H and O–H groups in total. The third-order valence-electron chi connectivity index (χ3n) is 4.08. The van der Waals surface area contributed by atoms with Crippen LogP contribution in [0.25, 0.3) is 0 Å². The Bertz CT molecular complexity index is 606. The molecule has 0 spiro atoms. The smallest absolute Gasteiger partial charge is 0.226 e. The van der Waals surface area contributed by atoms with Crippen LogP contribution in [0.3, 0.4) is 0 Å². The van der Waals surface area contributed by atoms with Crippen molar-refractivity contribution in [3.8, 4) is 0 Å². The van der Waals surface area contributed by atoms with Crippen molar-refractivity contribution in [2.45, 2.75) is 55.0 Å². The summed E-state index contributed by atoms with van der Waals surface area (Å²) in [5, 5.41) is 13.8. The average Bonchev–Trinajstić information content (AvgIpc) is 3.23. The minimum Gasteiger partial charge on any atom is -0.301 e. The summed E-state index contributed by atoms with van der Waals surface area (Å²) in [4.78, 5) is 13.4. The first-order valence-electron chi connectivity index (χ1n) is 8.08. The predicted molar refractivity (Wildman–Crippen MR) is 98.2 cm³/mol. The molecule has 7 heteroatoms. The zero-order valence-electron chi connectivity index (χ0n) is 13.0. The number of carbonyl (C=O) groups is 1. The van der Waals surface area contributed by atoms with E-state index in [1.807, 2.05) is 0 Å². The highest BCUT2D eigenvalue weighted by Gasteiger charge is 2.15. The van der Waals surface area contributed by atoms with E-state index in [0.29, 0.717) is 11.6 Å². The number of thioether (sulfide) groups is 1. The van der Waals surface area contributed by atoms with Crippen LogP contribution in [-0.2, 0) is 10.5 Å². The predicted octanol–water partition coefficient (Wildman–Crippen LogP) is 5.19. The van der Waals surface area contributed by atoms with Crippen molar-refractivity contribution in [3.05, 3.63) is 22.4 Å². The minimum absolute atomic E-state index is 0.0709. The van der Waals surface area contributed by atoms with Crippen LogP contribution in [0.4, 0.5) is 5.13 Å². The summed E-state index contributed by atoms with van der Waals surface area (Å²) in [6.07, 6.45) is 8.19. The molecule has 0 aromatic carbocycles. The maximum absolute atomic E-state index is 12.0. The van der Waals surface area contributed by atoms with Crippen LogP contribution in [0.5, 0.6) is 0 Å². The number of aromatic nitrogens is 2. The lowest BCUT2D eigenvalue weighted by molar-refractivity contribution is -0.116. The summed E-state index contributed by atoms with van der Waals surface area (Å²) in [6, 6.07) is 4.17. The lowest BCUT2D eigenvalue weighted by Gasteiger charge is -2.20. The Balaban J connectivity index is 1.40. The molecule has 1 aliphatic rings. The lowest BCUT2D eigenvalue weighted by Crippen LogP contribution is -2.14. The molecule has 0 atom stereocenters. The molecule has 0 radical (unpaired) electrons. The molecular formula is C16H21N3OS3. The maximum Gasteiger partial charge on any atom is 0.226 e. The summed E-state index contributed by atoms with van der Waals surface area (Å²) in [7, 11) is 0. The number of hydrogen-bond acceptors (Lipinski definition) is 6. The van der Waals surface area contributed by atoms with E-state index < -0.39 is 0 Å². The van der Waals surface area contributed by atoms with E-state index in [9.17, 15) is 4.79 Å². The Morgan fingerprint density at radius 3 is 2.96 bits per heavy atom. The zero-order valence-corrected chi connectivity index (χ0v) is 15.4. The quantitative estimate of drug-likeness (QED) is 0.540. The first-order valence-corrected chi connectivity index (χ1v) is 10.8. The van der Waals surface area contributed by atoms with Crippen LogP contribution in [0.2, 0.25) is 0 Å². The van der Waals surface area contributed by atoms with Gasteiger partial charge in [0.1, 0.15) is 0 Å². The van der Waals surface area contributed by atoms with E-state index >= 15 is 0 Å². The summed E-state index contributed by atoms with van der Waals surface area (Å²) in [6.45, 7) is 0. The van der Waals surface area contributed by atoms with Gasteiger partial charge in [0.2, 0.25) is 11.0 Å². The SMILES string of the molecule is O=C(CCC1CCCCC1)Nc1nnc(SCc2cccs2)s1. The number of thiophene rings is 1. The molecule has 2 aromatic rings. The van der Waals surface area contributed by atoms with Crippen LogP contribution >= 0.6 is 34.4 Å². The van der Waals surface area contributed by atoms with E-state index in [4.69, 9.17) is 0 Å². The highest BCUT2D eigenvalue weighted by molar-refractivity contribution is 8.00. The first kappa shape index (κ1) is 16.9. The Hall–Kier alpha value is -0.920. The summed E-state index contributed by atoms with van der Waals surface area (Å²) >= 11 is 4.87. The fourth-order valence-corrected chi connectivity index (χ4v) is 5.38.